The number of anilines is 2. The van der Waals surface area contributed by atoms with Gasteiger partial charge < -0.3 is 10.2 Å². The minimum absolute atomic E-state index is 0.0956. The molecule has 3 heterocycles. The first-order chi connectivity index (χ1) is 14.0. The Morgan fingerprint density at radius 2 is 2.28 bits per heavy atom. The summed E-state index contributed by atoms with van der Waals surface area (Å²) < 4.78 is 0.942. The Morgan fingerprint density at radius 1 is 1.41 bits per heavy atom. The third kappa shape index (κ3) is 4.65. The van der Waals surface area contributed by atoms with Crippen molar-refractivity contribution in [1.29, 1.82) is 0 Å². The molecule has 0 radical (unpaired) electrons. The summed E-state index contributed by atoms with van der Waals surface area (Å²) in [5.41, 5.74) is 2.29. The molecule has 29 heavy (non-hydrogen) atoms. The summed E-state index contributed by atoms with van der Waals surface area (Å²) in [6, 6.07) is 5.48. The maximum atomic E-state index is 12.4. The van der Waals surface area contributed by atoms with Crippen molar-refractivity contribution in [2.75, 3.05) is 29.1 Å². The van der Waals surface area contributed by atoms with E-state index in [0.717, 1.165) is 39.2 Å². The van der Waals surface area contributed by atoms with Gasteiger partial charge in [-0.1, -0.05) is 47.7 Å². The van der Waals surface area contributed by atoms with Crippen molar-refractivity contribution in [3.63, 3.8) is 0 Å². The fraction of sp³-hybridized carbons (Fsp3) is 0.400. The molecule has 3 aromatic rings. The summed E-state index contributed by atoms with van der Waals surface area (Å²) >= 11 is 9.14. The van der Waals surface area contributed by atoms with Crippen molar-refractivity contribution in [2.24, 2.45) is 5.92 Å². The molecule has 1 aliphatic heterocycles. The van der Waals surface area contributed by atoms with Gasteiger partial charge in [0.2, 0.25) is 5.91 Å². The molecule has 1 aliphatic rings. The molecule has 0 spiro atoms. The van der Waals surface area contributed by atoms with E-state index in [0.29, 0.717) is 16.6 Å². The second-order valence-corrected chi connectivity index (χ2v) is 9.62. The van der Waals surface area contributed by atoms with Gasteiger partial charge in [-0.15, -0.1) is 0 Å². The van der Waals surface area contributed by atoms with Gasteiger partial charge in [0.1, 0.15) is 16.1 Å². The number of amides is 1. The van der Waals surface area contributed by atoms with Crippen LogP contribution in [0.25, 0.3) is 10.3 Å². The topological polar surface area (TPSA) is 71.0 Å². The van der Waals surface area contributed by atoms with E-state index >= 15 is 0 Å². The number of fused-ring (bicyclic) bond motifs is 1. The van der Waals surface area contributed by atoms with E-state index < -0.39 is 0 Å². The third-order valence-corrected chi connectivity index (χ3v) is 7.60. The third-order valence-electron chi connectivity index (χ3n) is 4.96. The fourth-order valence-corrected chi connectivity index (χ4v) is 5.49. The second kappa shape index (κ2) is 8.85. The van der Waals surface area contributed by atoms with Gasteiger partial charge in [0.25, 0.3) is 0 Å². The van der Waals surface area contributed by atoms with Crippen LogP contribution in [-0.4, -0.2) is 39.7 Å². The summed E-state index contributed by atoms with van der Waals surface area (Å²) in [4.78, 5) is 28.2. The number of hydrogen-bond donors (Lipinski definition) is 1. The van der Waals surface area contributed by atoms with Crippen molar-refractivity contribution in [3.05, 3.63) is 35.1 Å². The molecule has 2 aromatic heterocycles. The largest absolute Gasteiger partial charge is 0.348 e. The Balaban J connectivity index is 1.46. The lowest BCUT2D eigenvalue weighted by molar-refractivity contribution is -0.113. The van der Waals surface area contributed by atoms with E-state index in [4.69, 9.17) is 16.6 Å². The molecular weight excluding hydrogens is 426 g/mol. The van der Waals surface area contributed by atoms with Gasteiger partial charge in [-0.25, -0.2) is 9.97 Å². The molecule has 1 aromatic carbocycles. The van der Waals surface area contributed by atoms with E-state index in [1.165, 1.54) is 30.9 Å². The quantitative estimate of drug-likeness (QED) is 0.437. The Bertz CT molecular complexity index is 1040. The van der Waals surface area contributed by atoms with Crippen LogP contribution >= 0.6 is 34.7 Å². The van der Waals surface area contributed by atoms with Crippen molar-refractivity contribution in [1.82, 2.24) is 15.0 Å². The molecule has 4 rings (SSSR count). The number of thiazole rings is 1. The molecule has 9 heteroatoms. The van der Waals surface area contributed by atoms with Crippen LogP contribution in [-0.2, 0) is 4.79 Å². The number of carbonyl (C=O) groups is 1. The lowest BCUT2D eigenvalue weighted by Gasteiger charge is -2.30. The molecule has 0 saturated carbocycles. The molecule has 1 unspecified atom stereocenters. The molecule has 1 amide bonds. The fourth-order valence-electron chi connectivity index (χ4n) is 3.39. The normalized spacial score (nSPS) is 16.9. The van der Waals surface area contributed by atoms with Crippen LogP contribution in [0.1, 0.15) is 25.3 Å². The van der Waals surface area contributed by atoms with Crippen LogP contribution in [0.15, 0.2) is 29.6 Å². The Hall–Kier alpha value is -1.90. The molecule has 1 fully saturated rings. The van der Waals surface area contributed by atoms with Crippen LogP contribution in [0.2, 0.25) is 5.02 Å². The van der Waals surface area contributed by atoms with Crippen LogP contribution in [0, 0.1) is 12.8 Å². The number of benzene rings is 1. The minimum Gasteiger partial charge on any atom is -0.348 e. The maximum Gasteiger partial charge on any atom is 0.234 e. The zero-order valence-corrected chi connectivity index (χ0v) is 18.7. The first-order valence-corrected chi connectivity index (χ1v) is 11.7. The number of nitrogens with one attached hydrogen (secondary N) is 1. The van der Waals surface area contributed by atoms with Gasteiger partial charge in [0, 0.05) is 23.8 Å². The van der Waals surface area contributed by atoms with Crippen LogP contribution < -0.4 is 10.2 Å². The average Bonchev–Trinajstić information content (AvgIpc) is 3.15. The number of thioether (sulfide) groups is 1. The highest BCUT2D eigenvalue weighted by molar-refractivity contribution is 8.00. The van der Waals surface area contributed by atoms with Crippen molar-refractivity contribution in [3.8, 4) is 0 Å². The van der Waals surface area contributed by atoms with Crippen LogP contribution in [0.3, 0.4) is 0 Å². The molecule has 0 aliphatic carbocycles. The average molecular weight is 448 g/mol. The minimum atomic E-state index is -0.0956. The molecule has 1 N–H and O–H groups in total. The lowest BCUT2D eigenvalue weighted by Crippen LogP contribution is -2.34. The van der Waals surface area contributed by atoms with Crippen molar-refractivity contribution >= 4 is 61.8 Å². The van der Waals surface area contributed by atoms with Gasteiger partial charge >= 0.3 is 0 Å². The predicted molar refractivity (Wildman–Crippen MR) is 121 cm³/mol. The molecule has 1 saturated heterocycles. The van der Waals surface area contributed by atoms with Gasteiger partial charge in [-0.3, -0.25) is 4.79 Å². The first-order valence-electron chi connectivity index (χ1n) is 9.55. The number of nitrogens with zero attached hydrogens (tertiary/aromatic N) is 4. The second-order valence-electron chi connectivity index (χ2n) is 7.27. The number of rotatable bonds is 5. The molecule has 0 bridgehead atoms. The van der Waals surface area contributed by atoms with E-state index in [1.807, 2.05) is 25.1 Å². The zero-order chi connectivity index (χ0) is 20.4. The molecular formula is C20H22ClN5OS2. The number of halogens is 1. The standard InChI is InChI=1S/C20H22ClN5OS2/c1-12-5-4-8-26(9-12)20-25-18-17(29-20)19(23-11-22-18)28-10-16(27)24-15-7-3-6-14(21)13(15)2/h3,6-7,11-12H,4-5,8-10H2,1-2H3,(H,24,27). The molecule has 1 atom stereocenters. The highest BCUT2D eigenvalue weighted by Crippen LogP contribution is 2.35. The Labute approximate surface area is 183 Å². The molecule has 6 nitrogen and oxygen atoms in total. The van der Waals surface area contributed by atoms with Crippen molar-refractivity contribution in [2.45, 2.75) is 31.7 Å². The number of aromatic nitrogens is 3. The van der Waals surface area contributed by atoms with Crippen LogP contribution in [0.5, 0.6) is 0 Å². The van der Waals surface area contributed by atoms with E-state index in [9.17, 15) is 4.79 Å². The van der Waals surface area contributed by atoms with Gasteiger partial charge in [0.05, 0.1) is 5.75 Å². The summed E-state index contributed by atoms with van der Waals surface area (Å²) in [6.45, 7) is 6.22. The van der Waals surface area contributed by atoms with Gasteiger partial charge in [-0.05, 0) is 43.4 Å². The molecule has 152 valence electrons. The highest BCUT2D eigenvalue weighted by atomic mass is 35.5. The monoisotopic (exact) mass is 447 g/mol. The predicted octanol–water partition coefficient (Wildman–Crippen LogP) is 5.02. The SMILES string of the molecule is Cc1c(Cl)cccc1NC(=O)CSc1ncnc2nc(N3CCCC(C)C3)sc12. The Kier molecular flexibility index (Phi) is 6.22. The summed E-state index contributed by atoms with van der Waals surface area (Å²) in [5, 5.41) is 5.35. The first kappa shape index (κ1) is 20.4. The summed E-state index contributed by atoms with van der Waals surface area (Å²) in [6.07, 6.45) is 3.98. The number of piperidine rings is 1. The lowest BCUT2D eigenvalue weighted by atomic mass is 10.0. The van der Waals surface area contributed by atoms with E-state index in [1.54, 1.807) is 11.3 Å². The zero-order valence-electron chi connectivity index (χ0n) is 16.3. The highest BCUT2D eigenvalue weighted by Gasteiger charge is 2.21. The van der Waals surface area contributed by atoms with E-state index in [-0.39, 0.29) is 11.7 Å². The van der Waals surface area contributed by atoms with Gasteiger partial charge in [-0.2, -0.15) is 4.98 Å². The van der Waals surface area contributed by atoms with Crippen molar-refractivity contribution < 1.29 is 4.79 Å². The number of carbonyl (C=O) groups excluding carboxylic acids is 1. The summed E-state index contributed by atoms with van der Waals surface area (Å²) in [5.74, 6) is 0.836. The number of hydrogen-bond acceptors (Lipinski definition) is 7. The Morgan fingerprint density at radius 3 is 3.10 bits per heavy atom. The van der Waals surface area contributed by atoms with Gasteiger partial charge in [0.15, 0.2) is 10.8 Å². The van der Waals surface area contributed by atoms with E-state index in [2.05, 4.69) is 27.1 Å². The summed E-state index contributed by atoms with van der Waals surface area (Å²) in [7, 11) is 0. The smallest absolute Gasteiger partial charge is 0.234 e. The van der Waals surface area contributed by atoms with Crippen LogP contribution in [0.4, 0.5) is 10.8 Å². The maximum absolute atomic E-state index is 12.4.